The van der Waals surface area contributed by atoms with Gasteiger partial charge in [0.2, 0.25) is 5.82 Å². The second kappa shape index (κ2) is 11.0. The van der Waals surface area contributed by atoms with Crippen LogP contribution in [0.15, 0.2) is 72.1 Å². The zero-order valence-electron chi connectivity index (χ0n) is 18.4. The summed E-state index contributed by atoms with van der Waals surface area (Å²) in [6, 6.07) is 20.1. The van der Waals surface area contributed by atoms with Crippen molar-refractivity contribution in [3.05, 3.63) is 89.3 Å². The van der Waals surface area contributed by atoms with E-state index in [1.807, 2.05) is 35.7 Å². The third-order valence-electron chi connectivity index (χ3n) is 5.18. The highest BCUT2D eigenvalue weighted by atomic mass is 32.1. The van der Waals surface area contributed by atoms with E-state index in [0.717, 1.165) is 17.7 Å². The van der Waals surface area contributed by atoms with Crippen LogP contribution in [0.5, 0.6) is 0 Å². The van der Waals surface area contributed by atoms with E-state index in [1.165, 1.54) is 33.7 Å². The molecule has 0 bridgehead atoms. The molecule has 0 spiro atoms. The first kappa shape index (κ1) is 22.8. The number of benzene rings is 2. The maximum Gasteiger partial charge on any atom is 0.293 e. The number of thiophene rings is 1. The molecule has 0 saturated carbocycles. The summed E-state index contributed by atoms with van der Waals surface area (Å²) in [6.45, 7) is 1.41. The number of amides is 1. The highest BCUT2D eigenvalue weighted by Gasteiger charge is 2.24. The second-order valence-corrected chi connectivity index (χ2v) is 8.45. The van der Waals surface area contributed by atoms with Gasteiger partial charge in [0.05, 0.1) is 17.2 Å². The van der Waals surface area contributed by atoms with Crippen LogP contribution in [0.2, 0.25) is 0 Å². The molecule has 4 aromatic rings. The lowest BCUT2D eigenvalue weighted by Crippen LogP contribution is -2.35. The maximum absolute atomic E-state index is 13.9. The number of carbonyl (C=O) groups excluding carboxylic acids is 1. The van der Waals surface area contributed by atoms with Crippen molar-refractivity contribution < 1.29 is 13.9 Å². The standard InChI is InChI=1S/C25H25FN4O2S/c1-32-16-15-29(14-6-10-19-8-3-2-4-9-19)25(31)23-27-24(22-13-7-17-33-22)30(28-23)21-12-5-11-20(26)18-21/h2-5,7-9,11-13,17-18H,6,10,14-16H2,1H3. The summed E-state index contributed by atoms with van der Waals surface area (Å²) < 4.78 is 20.6. The van der Waals surface area contributed by atoms with Gasteiger partial charge in [-0.1, -0.05) is 42.5 Å². The highest BCUT2D eigenvalue weighted by Crippen LogP contribution is 2.26. The Balaban J connectivity index is 1.59. The molecule has 0 aliphatic rings. The summed E-state index contributed by atoms with van der Waals surface area (Å²) in [7, 11) is 1.61. The normalized spacial score (nSPS) is 11.0. The van der Waals surface area contributed by atoms with Gasteiger partial charge < -0.3 is 9.64 Å². The largest absolute Gasteiger partial charge is 0.383 e. The molecule has 2 heterocycles. The van der Waals surface area contributed by atoms with Crippen LogP contribution in [0.4, 0.5) is 4.39 Å². The molecule has 0 saturated heterocycles. The van der Waals surface area contributed by atoms with Crippen LogP contribution < -0.4 is 0 Å². The first-order chi connectivity index (χ1) is 16.2. The van der Waals surface area contributed by atoms with E-state index in [9.17, 15) is 9.18 Å². The number of nitrogens with zero attached hydrogens (tertiary/aromatic N) is 4. The molecule has 2 aromatic carbocycles. The van der Waals surface area contributed by atoms with Crippen LogP contribution in [0.1, 0.15) is 22.6 Å². The Morgan fingerprint density at radius 1 is 1.09 bits per heavy atom. The minimum atomic E-state index is -0.379. The summed E-state index contributed by atoms with van der Waals surface area (Å²) in [5.74, 6) is -0.0582. The minimum Gasteiger partial charge on any atom is -0.383 e. The van der Waals surface area contributed by atoms with E-state index in [1.54, 1.807) is 24.1 Å². The molecule has 8 heteroatoms. The monoisotopic (exact) mass is 464 g/mol. The first-order valence-electron chi connectivity index (χ1n) is 10.7. The summed E-state index contributed by atoms with van der Waals surface area (Å²) in [4.78, 5) is 20.5. The van der Waals surface area contributed by atoms with Gasteiger partial charge in [-0.3, -0.25) is 4.79 Å². The number of methoxy groups -OCH3 is 1. The van der Waals surface area contributed by atoms with Crippen molar-refractivity contribution in [2.24, 2.45) is 0 Å². The van der Waals surface area contributed by atoms with E-state index in [4.69, 9.17) is 4.74 Å². The van der Waals surface area contributed by atoms with Crippen molar-refractivity contribution in [1.29, 1.82) is 0 Å². The van der Waals surface area contributed by atoms with Crippen molar-refractivity contribution in [2.45, 2.75) is 12.8 Å². The molecular weight excluding hydrogens is 439 g/mol. The molecule has 6 nitrogen and oxygen atoms in total. The Morgan fingerprint density at radius 3 is 2.67 bits per heavy atom. The van der Waals surface area contributed by atoms with Gasteiger partial charge in [0.15, 0.2) is 5.82 Å². The number of hydrogen-bond donors (Lipinski definition) is 0. The fourth-order valence-corrected chi connectivity index (χ4v) is 4.23. The number of rotatable bonds is 10. The summed E-state index contributed by atoms with van der Waals surface area (Å²) >= 11 is 1.49. The van der Waals surface area contributed by atoms with Crippen LogP contribution in [0.3, 0.4) is 0 Å². The number of halogens is 1. The average Bonchev–Trinajstić information content (AvgIpc) is 3.52. The minimum absolute atomic E-state index is 0.0819. The van der Waals surface area contributed by atoms with E-state index in [0.29, 0.717) is 31.2 Å². The van der Waals surface area contributed by atoms with Crippen LogP contribution >= 0.6 is 11.3 Å². The smallest absolute Gasteiger partial charge is 0.293 e. The van der Waals surface area contributed by atoms with Crippen molar-refractivity contribution in [1.82, 2.24) is 19.7 Å². The van der Waals surface area contributed by atoms with Gasteiger partial charge >= 0.3 is 0 Å². The fraction of sp³-hybridized carbons (Fsp3) is 0.240. The molecule has 0 aliphatic heterocycles. The molecule has 0 N–H and O–H groups in total. The number of ether oxygens (including phenoxy) is 1. The molecule has 33 heavy (non-hydrogen) atoms. The fourth-order valence-electron chi connectivity index (χ4n) is 3.53. The SMILES string of the molecule is COCCN(CCCc1ccccc1)C(=O)c1nc(-c2cccs2)n(-c2cccc(F)c2)n1. The zero-order valence-corrected chi connectivity index (χ0v) is 19.2. The predicted octanol–water partition coefficient (Wildman–Crippen LogP) is 4.86. The molecular formula is C25H25FN4O2S. The second-order valence-electron chi connectivity index (χ2n) is 7.50. The predicted molar refractivity (Wildman–Crippen MR) is 127 cm³/mol. The Labute approximate surface area is 196 Å². The zero-order chi connectivity index (χ0) is 23.0. The van der Waals surface area contributed by atoms with Crippen molar-refractivity contribution in [3.8, 4) is 16.4 Å². The highest BCUT2D eigenvalue weighted by molar-refractivity contribution is 7.13. The van der Waals surface area contributed by atoms with E-state index >= 15 is 0 Å². The topological polar surface area (TPSA) is 60.2 Å². The lowest BCUT2D eigenvalue weighted by atomic mass is 10.1. The number of aromatic nitrogens is 3. The van der Waals surface area contributed by atoms with Crippen LogP contribution in [-0.4, -0.2) is 52.4 Å². The number of aryl methyl sites for hydroxylation is 1. The van der Waals surface area contributed by atoms with Crippen LogP contribution in [0, 0.1) is 5.82 Å². The Hall–Kier alpha value is -3.36. The summed E-state index contributed by atoms with van der Waals surface area (Å²) in [5.41, 5.74) is 1.74. The van der Waals surface area contributed by atoms with Gasteiger partial charge in [0.25, 0.3) is 5.91 Å². The molecule has 0 radical (unpaired) electrons. The van der Waals surface area contributed by atoms with Crippen molar-refractivity contribution in [3.63, 3.8) is 0 Å². The third kappa shape index (κ3) is 5.71. The lowest BCUT2D eigenvalue weighted by molar-refractivity contribution is 0.0681. The molecule has 4 rings (SSSR count). The van der Waals surface area contributed by atoms with E-state index in [-0.39, 0.29) is 17.5 Å². The Kier molecular flexibility index (Phi) is 7.59. The maximum atomic E-state index is 13.9. The van der Waals surface area contributed by atoms with Crippen LogP contribution in [-0.2, 0) is 11.2 Å². The van der Waals surface area contributed by atoms with Gasteiger partial charge in [-0.25, -0.2) is 14.1 Å². The van der Waals surface area contributed by atoms with Gasteiger partial charge in [-0.15, -0.1) is 16.4 Å². The molecule has 0 aliphatic carbocycles. The molecule has 170 valence electrons. The van der Waals surface area contributed by atoms with E-state index in [2.05, 4.69) is 22.2 Å². The molecule has 1 amide bonds. The first-order valence-corrected chi connectivity index (χ1v) is 11.6. The average molecular weight is 465 g/mol. The van der Waals surface area contributed by atoms with Gasteiger partial charge in [0, 0.05) is 20.2 Å². The quantitative estimate of drug-likeness (QED) is 0.336. The molecule has 0 unspecified atom stereocenters. The Morgan fingerprint density at radius 2 is 1.94 bits per heavy atom. The summed E-state index contributed by atoms with van der Waals surface area (Å²) in [5, 5.41) is 6.41. The van der Waals surface area contributed by atoms with Crippen molar-refractivity contribution in [2.75, 3.05) is 26.8 Å². The lowest BCUT2D eigenvalue weighted by Gasteiger charge is -2.21. The van der Waals surface area contributed by atoms with Gasteiger partial charge in [-0.2, -0.15) is 0 Å². The number of carbonyl (C=O) groups is 1. The van der Waals surface area contributed by atoms with Crippen molar-refractivity contribution >= 4 is 17.2 Å². The molecule has 0 atom stereocenters. The van der Waals surface area contributed by atoms with Gasteiger partial charge in [0.1, 0.15) is 5.82 Å². The molecule has 2 aromatic heterocycles. The van der Waals surface area contributed by atoms with Crippen LogP contribution in [0.25, 0.3) is 16.4 Å². The third-order valence-corrected chi connectivity index (χ3v) is 6.05. The number of hydrogen-bond acceptors (Lipinski definition) is 5. The molecule has 0 fully saturated rings. The van der Waals surface area contributed by atoms with Gasteiger partial charge in [-0.05, 0) is 48.1 Å². The Bertz CT molecular complexity index is 1180. The summed E-state index contributed by atoms with van der Waals surface area (Å²) in [6.07, 6.45) is 1.67. The van der Waals surface area contributed by atoms with E-state index < -0.39 is 0 Å².